The van der Waals surface area contributed by atoms with Gasteiger partial charge in [0.15, 0.2) is 11.5 Å². The van der Waals surface area contributed by atoms with E-state index in [1.54, 1.807) is 20.4 Å². The fourth-order valence-corrected chi connectivity index (χ4v) is 3.20. The van der Waals surface area contributed by atoms with Crippen LogP contribution in [0.2, 0.25) is 0 Å². The number of ether oxygens (including phenoxy) is 3. The Morgan fingerprint density at radius 1 is 1.11 bits per heavy atom. The number of methoxy groups -OCH3 is 2. The summed E-state index contributed by atoms with van der Waals surface area (Å²) in [4.78, 5) is 4.57. The van der Waals surface area contributed by atoms with Crippen molar-refractivity contribution in [1.29, 1.82) is 0 Å². The summed E-state index contributed by atoms with van der Waals surface area (Å²) in [5.74, 6) is 2.20. The molecule has 0 fully saturated rings. The number of para-hydroxylation sites is 1. The molecule has 6 nitrogen and oxygen atoms in total. The highest BCUT2D eigenvalue weighted by Crippen LogP contribution is 2.30. The quantitative estimate of drug-likeness (QED) is 0.404. The number of hydrogen-bond donors (Lipinski definition) is 1. The van der Waals surface area contributed by atoms with Crippen LogP contribution in [-0.4, -0.2) is 32.0 Å². The van der Waals surface area contributed by atoms with Crippen molar-refractivity contribution in [1.82, 2.24) is 4.98 Å². The van der Waals surface area contributed by atoms with E-state index in [0.717, 1.165) is 29.0 Å². The molecule has 2 aromatic carbocycles. The smallest absolute Gasteiger partial charge is 0.203 e. The van der Waals surface area contributed by atoms with Gasteiger partial charge in [0.25, 0.3) is 0 Å². The lowest BCUT2D eigenvalue weighted by atomic mass is 10.2. The maximum absolute atomic E-state index is 5.82. The van der Waals surface area contributed by atoms with E-state index in [9.17, 15) is 0 Å². The standard InChI is InChI=1S/C21H23N3O3S/c1-4-12-27-20-16(6-5-7-19(20)26-3)13-22-24-21-23-18(14-28-21)15-8-10-17(25-2)11-9-15/h5-11,13-14H,4,12H2,1-3H3,(H,23,24)/b22-13-. The molecule has 0 aliphatic heterocycles. The Morgan fingerprint density at radius 3 is 2.64 bits per heavy atom. The van der Waals surface area contributed by atoms with Gasteiger partial charge in [-0.3, -0.25) is 5.43 Å². The van der Waals surface area contributed by atoms with Crippen molar-refractivity contribution in [3.63, 3.8) is 0 Å². The molecular formula is C21H23N3O3S. The topological polar surface area (TPSA) is 65.0 Å². The van der Waals surface area contributed by atoms with Crippen LogP contribution >= 0.6 is 11.3 Å². The molecule has 3 rings (SSSR count). The predicted octanol–water partition coefficient (Wildman–Crippen LogP) is 5.06. The summed E-state index contributed by atoms with van der Waals surface area (Å²) in [6.45, 7) is 2.68. The number of aromatic nitrogens is 1. The first-order chi connectivity index (χ1) is 13.7. The molecule has 0 bridgehead atoms. The molecule has 0 spiro atoms. The average Bonchev–Trinajstić information content (AvgIpc) is 3.21. The number of thiazole rings is 1. The van der Waals surface area contributed by atoms with E-state index < -0.39 is 0 Å². The second kappa shape index (κ2) is 9.75. The van der Waals surface area contributed by atoms with Gasteiger partial charge in [-0.25, -0.2) is 4.98 Å². The van der Waals surface area contributed by atoms with Gasteiger partial charge >= 0.3 is 0 Å². The molecule has 1 N–H and O–H groups in total. The summed E-state index contributed by atoms with van der Waals surface area (Å²) in [5, 5.41) is 7.00. The highest BCUT2D eigenvalue weighted by atomic mass is 32.1. The van der Waals surface area contributed by atoms with Crippen molar-refractivity contribution >= 4 is 22.7 Å². The molecule has 7 heteroatoms. The molecule has 0 amide bonds. The van der Waals surface area contributed by atoms with Gasteiger partial charge in [-0.1, -0.05) is 13.0 Å². The van der Waals surface area contributed by atoms with Gasteiger partial charge in [-0.2, -0.15) is 5.10 Å². The van der Waals surface area contributed by atoms with Crippen LogP contribution in [0, 0.1) is 0 Å². The van der Waals surface area contributed by atoms with Crippen molar-refractivity contribution in [2.24, 2.45) is 5.10 Å². The average molecular weight is 398 g/mol. The summed E-state index contributed by atoms with van der Waals surface area (Å²) in [6, 6.07) is 13.5. The Labute approximate surface area is 168 Å². The van der Waals surface area contributed by atoms with E-state index >= 15 is 0 Å². The van der Waals surface area contributed by atoms with Crippen molar-refractivity contribution in [3.05, 3.63) is 53.4 Å². The van der Waals surface area contributed by atoms with Gasteiger partial charge < -0.3 is 14.2 Å². The van der Waals surface area contributed by atoms with Crippen LogP contribution < -0.4 is 19.6 Å². The summed E-state index contributed by atoms with van der Waals surface area (Å²) >= 11 is 1.49. The minimum absolute atomic E-state index is 0.617. The van der Waals surface area contributed by atoms with Crippen molar-refractivity contribution < 1.29 is 14.2 Å². The van der Waals surface area contributed by atoms with E-state index in [-0.39, 0.29) is 0 Å². The third-order valence-corrected chi connectivity index (χ3v) is 4.68. The lowest BCUT2D eigenvalue weighted by Crippen LogP contribution is -2.01. The molecule has 146 valence electrons. The minimum atomic E-state index is 0.617. The second-order valence-electron chi connectivity index (χ2n) is 5.86. The minimum Gasteiger partial charge on any atom is -0.497 e. The number of nitrogens with zero attached hydrogens (tertiary/aromatic N) is 2. The van der Waals surface area contributed by atoms with E-state index in [4.69, 9.17) is 14.2 Å². The molecular weight excluding hydrogens is 374 g/mol. The van der Waals surface area contributed by atoms with E-state index in [1.807, 2.05) is 47.8 Å². The van der Waals surface area contributed by atoms with Crippen LogP contribution in [0.3, 0.4) is 0 Å². The van der Waals surface area contributed by atoms with Crippen LogP contribution in [0.5, 0.6) is 17.2 Å². The number of benzene rings is 2. The first-order valence-electron chi connectivity index (χ1n) is 8.94. The van der Waals surface area contributed by atoms with Gasteiger partial charge in [0.05, 0.1) is 32.7 Å². The molecule has 0 atom stereocenters. The third kappa shape index (κ3) is 4.80. The first-order valence-corrected chi connectivity index (χ1v) is 9.82. The first kappa shape index (κ1) is 19.7. The largest absolute Gasteiger partial charge is 0.497 e. The highest BCUT2D eigenvalue weighted by Gasteiger charge is 2.09. The molecule has 0 aliphatic carbocycles. The Hall–Kier alpha value is -3.06. The second-order valence-corrected chi connectivity index (χ2v) is 6.72. The van der Waals surface area contributed by atoms with Crippen LogP contribution in [0.15, 0.2) is 52.9 Å². The Balaban J connectivity index is 1.70. The fourth-order valence-electron chi connectivity index (χ4n) is 2.53. The molecule has 0 unspecified atom stereocenters. The lowest BCUT2D eigenvalue weighted by molar-refractivity contribution is 0.294. The molecule has 0 saturated carbocycles. The number of rotatable bonds is 9. The van der Waals surface area contributed by atoms with Crippen molar-refractivity contribution in [2.75, 3.05) is 26.3 Å². The maximum atomic E-state index is 5.82. The lowest BCUT2D eigenvalue weighted by Gasteiger charge is -2.12. The van der Waals surface area contributed by atoms with Crippen LogP contribution in [0.25, 0.3) is 11.3 Å². The zero-order valence-corrected chi connectivity index (χ0v) is 17.0. The molecule has 1 heterocycles. The summed E-state index contributed by atoms with van der Waals surface area (Å²) in [5.41, 5.74) is 5.74. The van der Waals surface area contributed by atoms with E-state index in [2.05, 4.69) is 22.4 Å². The summed E-state index contributed by atoms with van der Waals surface area (Å²) in [6.07, 6.45) is 2.63. The zero-order chi connectivity index (χ0) is 19.8. The van der Waals surface area contributed by atoms with Crippen LogP contribution in [0.4, 0.5) is 5.13 Å². The van der Waals surface area contributed by atoms with Crippen molar-refractivity contribution in [3.8, 4) is 28.5 Å². The summed E-state index contributed by atoms with van der Waals surface area (Å²) in [7, 11) is 3.28. The molecule has 0 aliphatic rings. The van der Waals surface area contributed by atoms with Crippen LogP contribution in [0.1, 0.15) is 18.9 Å². The normalized spacial score (nSPS) is 10.8. The molecule has 3 aromatic rings. The zero-order valence-electron chi connectivity index (χ0n) is 16.1. The maximum Gasteiger partial charge on any atom is 0.203 e. The van der Waals surface area contributed by atoms with Gasteiger partial charge in [-0.15, -0.1) is 11.3 Å². The predicted molar refractivity (Wildman–Crippen MR) is 114 cm³/mol. The Morgan fingerprint density at radius 2 is 1.93 bits per heavy atom. The van der Waals surface area contributed by atoms with Gasteiger partial charge in [0.1, 0.15) is 5.75 Å². The molecule has 0 radical (unpaired) electrons. The van der Waals surface area contributed by atoms with Crippen molar-refractivity contribution in [2.45, 2.75) is 13.3 Å². The molecule has 1 aromatic heterocycles. The number of nitrogens with one attached hydrogen (secondary N) is 1. The number of hydrazone groups is 1. The third-order valence-electron chi connectivity index (χ3n) is 3.93. The molecule has 28 heavy (non-hydrogen) atoms. The fraction of sp³-hybridized carbons (Fsp3) is 0.238. The SMILES string of the molecule is CCCOc1c(/C=N\Nc2nc(-c3ccc(OC)cc3)cs2)cccc1OC. The van der Waals surface area contributed by atoms with Crippen LogP contribution in [-0.2, 0) is 0 Å². The van der Waals surface area contributed by atoms with E-state index in [1.165, 1.54) is 11.3 Å². The monoisotopic (exact) mass is 397 g/mol. The Bertz CT molecular complexity index is 923. The summed E-state index contributed by atoms with van der Waals surface area (Å²) < 4.78 is 16.4. The van der Waals surface area contributed by atoms with Gasteiger partial charge in [0, 0.05) is 16.5 Å². The molecule has 0 saturated heterocycles. The van der Waals surface area contributed by atoms with Gasteiger partial charge in [0.2, 0.25) is 5.13 Å². The van der Waals surface area contributed by atoms with Gasteiger partial charge in [-0.05, 0) is 42.8 Å². The van der Waals surface area contributed by atoms with E-state index in [0.29, 0.717) is 23.2 Å². The highest BCUT2D eigenvalue weighted by molar-refractivity contribution is 7.14. The Kier molecular flexibility index (Phi) is 6.86. The number of anilines is 1. The number of hydrogen-bond acceptors (Lipinski definition) is 7.